The number of hydrogen-bond donors (Lipinski definition) is 2. The van der Waals surface area contributed by atoms with Gasteiger partial charge in [-0.3, -0.25) is 9.71 Å². The minimum Gasteiger partial charge on any atom is -0.369 e. The largest absolute Gasteiger partial charge is 0.369 e. The fourth-order valence-corrected chi connectivity index (χ4v) is 2.81. The molecule has 0 aliphatic carbocycles. The first-order valence-corrected chi connectivity index (χ1v) is 7.73. The van der Waals surface area contributed by atoms with Gasteiger partial charge in [0.05, 0.1) is 5.69 Å². The fraction of sp³-hybridized carbons (Fsp3) is 0.231. The Morgan fingerprint density at radius 2 is 1.90 bits per heavy atom. The summed E-state index contributed by atoms with van der Waals surface area (Å²) in [6.45, 7) is 2.66. The quantitative estimate of drug-likeness (QED) is 0.851. The third kappa shape index (κ3) is 3.45. The van der Waals surface area contributed by atoms with Gasteiger partial charge in [0.25, 0.3) is 10.0 Å². The van der Waals surface area contributed by atoms with E-state index in [9.17, 15) is 8.42 Å². The van der Waals surface area contributed by atoms with Gasteiger partial charge in [-0.1, -0.05) is 6.92 Å². The van der Waals surface area contributed by atoms with Crippen LogP contribution < -0.4 is 10.0 Å². The Bertz CT molecular complexity index is 659. The van der Waals surface area contributed by atoms with Gasteiger partial charge in [0, 0.05) is 25.1 Å². The number of nitrogens with zero attached hydrogens (tertiary/aromatic N) is 2. The molecule has 7 heteroatoms. The number of aromatic nitrogens is 2. The van der Waals surface area contributed by atoms with Crippen LogP contribution in [0.2, 0.25) is 0 Å². The van der Waals surface area contributed by atoms with E-state index >= 15 is 0 Å². The summed E-state index contributed by atoms with van der Waals surface area (Å²) in [5.74, 6) is 0.357. The van der Waals surface area contributed by atoms with Crippen molar-refractivity contribution in [2.24, 2.45) is 0 Å². The molecule has 0 fully saturated rings. The predicted molar refractivity (Wildman–Crippen MR) is 78.1 cm³/mol. The van der Waals surface area contributed by atoms with Crippen LogP contribution in [0.3, 0.4) is 0 Å². The predicted octanol–water partition coefficient (Wildman–Crippen LogP) is 2.10. The Morgan fingerprint density at radius 1 is 1.15 bits per heavy atom. The van der Waals surface area contributed by atoms with E-state index in [4.69, 9.17) is 0 Å². The summed E-state index contributed by atoms with van der Waals surface area (Å²) in [4.78, 5) is 8.06. The van der Waals surface area contributed by atoms with Gasteiger partial charge < -0.3 is 5.32 Å². The van der Waals surface area contributed by atoms with Crippen molar-refractivity contribution >= 4 is 21.5 Å². The van der Waals surface area contributed by atoms with Crippen LogP contribution in [0.15, 0.2) is 47.8 Å². The highest BCUT2D eigenvalue weighted by Crippen LogP contribution is 2.21. The molecule has 2 N–H and O–H groups in total. The van der Waals surface area contributed by atoms with Crippen LogP contribution in [0.1, 0.15) is 13.3 Å². The van der Waals surface area contributed by atoms with Crippen molar-refractivity contribution in [3.05, 3.63) is 42.9 Å². The molecule has 0 saturated heterocycles. The summed E-state index contributed by atoms with van der Waals surface area (Å²) in [6.07, 6.45) is 5.49. The monoisotopic (exact) mass is 292 g/mol. The molecule has 0 aliphatic heterocycles. The molecule has 2 aromatic rings. The van der Waals surface area contributed by atoms with E-state index in [1.54, 1.807) is 24.4 Å². The normalized spacial score (nSPS) is 11.1. The van der Waals surface area contributed by atoms with Crippen molar-refractivity contribution in [3.8, 4) is 0 Å². The highest BCUT2D eigenvalue weighted by atomic mass is 32.2. The maximum Gasteiger partial charge on any atom is 0.265 e. The fourth-order valence-electron chi connectivity index (χ4n) is 1.61. The van der Waals surface area contributed by atoms with Gasteiger partial charge in [-0.2, -0.15) is 0 Å². The van der Waals surface area contributed by atoms with Gasteiger partial charge in [-0.05, 0) is 30.7 Å². The van der Waals surface area contributed by atoms with E-state index in [1.807, 2.05) is 6.92 Å². The van der Waals surface area contributed by atoms with Crippen molar-refractivity contribution in [2.45, 2.75) is 18.2 Å². The zero-order valence-corrected chi connectivity index (χ0v) is 11.9. The molecule has 2 rings (SSSR count). The number of sulfonamides is 1. The summed E-state index contributed by atoms with van der Waals surface area (Å²) in [5, 5.41) is 3.01. The van der Waals surface area contributed by atoms with E-state index in [0.717, 1.165) is 6.42 Å². The maximum absolute atomic E-state index is 12.4. The summed E-state index contributed by atoms with van der Waals surface area (Å²) in [5.41, 5.74) is 0.463. The van der Waals surface area contributed by atoms with E-state index in [-0.39, 0.29) is 4.90 Å². The lowest BCUT2D eigenvalue weighted by Gasteiger charge is -2.12. The van der Waals surface area contributed by atoms with Gasteiger partial charge >= 0.3 is 0 Å². The minimum atomic E-state index is -3.68. The van der Waals surface area contributed by atoms with Crippen LogP contribution in [0.4, 0.5) is 11.5 Å². The molecule has 2 aromatic heterocycles. The van der Waals surface area contributed by atoms with Crippen LogP contribution in [-0.4, -0.2) is 24.9 Å². The summed E-state index contributed by atoms with van der Waals surface area (Å²) < 4.78 is 27.3. The van der Waals surface area contributed by atoms with E-state index in [1.165, 1.54) is 18.5 Å². The lowest BCUT2D eigenvalue weighted by atomic mass is 10.4. The Kier molecular flexibility index (Phi) is 4.52. The van der Waals surface area contributed by atoms with Crippen molar-refractivity contribution in [1.29, 1.82) is 0 Å². The molecule has 0 aliphatic rings. The Morgan fingerprint density at radius 3 is 2.60 bits per heavy atom. The summed E-state index contributed by atoms with van der Waals surface area (Å²) >= 11 is 0. The molecule has 0 aromatic carbocycles. The van der Waals surface area contributed by atoms with E-state index in [0.29, 0.717) is 18.1 Å². The lowest BCUT2D eigenvalue weighted by molar-refractivity contribution is 0.601. The van der Waals surface area contributed by atoms with Crippen molar-refractivity contribution < 1.29 is 8.42 Å². The first-order valence-electron chi connectivity index (χ1n) is 6.25. The highest BCUT2D eigenvalue weighted by molar-refractivity contribution is 7.92. The number of hydrogen-bond acceptors (Lipinski definition) is 5. The standard InChI is InChI=1S/C13H16N4O2S/c1-2-7-15-13-12(4-3-8-16-13)20(18,19)17-11-5-9-14-10-6-11/h3-6,8-10H,2,7H2,1H3,(H,14,17)(H,15,16). The molecule has 0 amide bonds. The van der Waals surface area contributed by atoms with E-state index < -0.39 is 10.0 Å². The minimum absolute atomic E-state index is 0.130. The van der Waals surface area contributed by atoms with Crippen molar-refractivity contribution in [1.82, 2.24) is 9.97 Å². The van der Waals surface area contributed by atoms with Crippen molar-refractivity contribution in [3.63, 3.8) is 0 Å². The molecule has 0 radical (unpaired) electrons. The molecule has 0 atom stereocenters. The zero-order chi connectivity index (χ0) is 14.4. The first-order chi connectivity index (χ1) is 9.63. The topological polar surface area (TPSA) is 84.0 Å². The summed E-state index contributed by atoms with van der Waals surface area (Å²) in [6, 6.07) is 6.30. The van der Waals surface area contributed by atoms with Gasteiger partial charge in [0.15, 0.2) is 0 Å². The van der Waals surface area contributed by atoms with Crippen LogP contribution >= 0.6 is 0 Å². The molecular weight excluding hydrogens is 276 g/mol. The average molecular weight is 292 g/mol. The Hall–Kier alpha value is -2.15. The third-order valence-corrected chi connectivity index (χ3v) is 3.95. The Balaban J connectivity index is 2.30. The number of anilines is 2. The maximum atomic E-state index is 12.4. The molecule has 0 unspecified atom stereocenters. The molecular formula is C13H16N4O2S. The molecule has 0 spiro atoms. The SMILES string of the molecule is CCCNc1ncccc1S(=O)(=O)Nc1ccncc1. The van der Waals surface area contributed by atoms with Crippen LogP contribution in [0, 0.1) is 0 Å². The number of nitrogens with one attached hydrogen (secondary N) is 2. The average Bonchev–Trinajstić information content (AvgIpc) is 2.46. The number of pyridine rings is 2. The molecule has 0 bridgehead atoms. The third-order valence-electron chi connectivity index (χ3n) is 2.54. The highest BCUT2D eigenvalue weighted by Gasteiger charge is 2.19. The second kappa shape index (κ2) is 6.33. The van der Waals surface area contributed by atoms with Gasteiger partial charge in [-0.25, -0.2) is 13.4 Å². The first kappa shape index (κ1) is 14.3. The zero-order valence-electron chi connectivity index (χ0n) is 11.1. The molecule has 20 heavy (non-hydrogen) atoms. The molecule has 0 saturated carbocycles. The van der Waals surface area contributed by atoms with E-state index in [2.05, 4.69) is 20.0 Å². The molecule has 2 heterocycles. The van der Waals surface area contributed by atoms with Gasteiger partial charge in [0.1, 0.15) is 10.7 Å². The van der Waals surface area contributed by atoms with Crippen LogP contribution in [0.25, 0.3) is 0 Å². The van der Waals surface area contributed by atoms with Gasteiger partial charge in [0.2, 0.25) is 0 Å². The summed E-state index contributed by atoms with van der Waals surface area (Å²) in [7, 11) is -3.68. The molecule has 106 valence electrons. The van der Waals surface area contributed by atoms with Gasteiger partial charge in [-0.15, -0.1) is 0 Å². The van der Waals surface area contributed by atoms with Crippen LogP contribution in [0.5, 0.6) is 0 Å². The smallest absolute Gasteiger partial charge is 0.265 e. The Labute approximate surface area is 118 Å². The van der Waals surface area contributed by atoms with Crippen molar-refractivity contribution in [2.75, 3.05) is 16.6 Å². The number of rotatable bonds is 6. The lowest BCUT2D eigenvalue weighted by Crippen LogP contribution is -2.16. The second-order valence-corrected chi connectivity index (χ2v) is 5.77. The second-order valence-electron chi connectivity index (χ2n) is 4.12. The molecule has 6 nitrogen and oxygen atoms in total. The van der Waals surface area contributed by atoms with Crippen LogP contribution in [-0.2, 0) is 10.0 Å².